The number of benzene rings is 4. The van der Waals surface area contributed by atoms with E-state index in [1.165, 1.54) is 0 Å². The van der Waals surface area contributed by atoms with Gasteiger partial charge in [0.1, 0.15) is 11.5 Å². The first-order valence-electron chi connectivity index (χ1n) is 11.1. The van der Waals surface area contributed by atoms with Gasteiger partial charge in [0, 0.05) is 64.9 Å². The Morgan fingerprint density at radius 2 is 0.857 bits per heavy atom. The molecular weight excluding hydrogens is 615 g/mol. The largest absolute Gasteiger partial charge is 0.507 e. The number of aromatic hydroxyl groups is 2. The van der Waals surface area contributed by atoms with Gasteiger partial charge in [-0.15, -0.1) is 0 Å². The number of phenolic OH excluding ortho intramolecular Hbond substituents is 2. The van der Waals surface area contributed by atoms with E-state index < -0.39 is 0 Å². The van der Waals surface area contributed by atoms with Crippen molar-refractivity contribution in [2.45, 2.75) is 0 Å². The van der Waals surface area contributed by atoms with E-state index in [1.807, 2.05) is 97.1 Å². The van der Waals surface area contributed by atoms with Crippen LogP contribution in [0.3, 0.4) is 0 Å². The fraction of sp³-hybridized carbons (Fsp3) is 0. The number of nitrogens with zero attached hydrogens (tertiary/aromatic N) is 2. The minimum absolute atomic E-state index is 0. The first kappa shape index (κ1) is 21.5. The second-order valence-corrected chi connectivity index (χ2v) is 8.56. The molecule has 170 valence electrons. The maximum absolute atomic E-state index is 11.3. The Kier molecular flexibility index (Phi) is 4.94. The van der Waals surface area contributed by atoms with Crippen LogP contribution in [0.15, 0.2) is 97.1 Å². The Morgan fingerprint density at radius 1 is 0.457 bits per heavy atom. The zero-order valence-electron chi connectivity index (χ0n) is 18.3. The first-order valence-corrected chi connectivity index (χ1v) is 11.1. The van der Waals surface area contributed by atoms with Gasteiger partial charge in [-0.05, 0) is 24.3 Å². The van der Waals surface area contributed by atoms with Crippen LogP contribution in [0.5, 0.6) is 11.5 Å². The van der Waals surface area contributed by atoms with Gasteiger partial charge in [-0.25, -0.2) is 9.97 Å². The van der Waals surface area contributed by atoms with E-state index in [-0.39, 0.29) is 32.6 Å². The predicted octanol–water partition coefficient (Wildman–Crippen LogP) is 7.17. The molecular formula is C30H18N2O2Pt. The van der Waals surface area contributed by atoms with Gasteiger partial charge in [-0.3, -0.25) is 0 Å². The van der Waals surface area contributed by atoms with Crippen molar-refractivity contribution >= 4 is 21.5 Å². The third-order valence-electron chi connectivity index (χ3n) is 6.61. The quantitative estimate of drug-likeness (QED) is 0.186. The van der Waals surface area contributed by atoms with Crippen molar-refractivity contribution in [2.75, 3.05) is 0 Å². The van der Waals surface area contributed by atoms with Crippen LogP contribution in [-0.4, -0.2) is 20.2 Å². The van der Waals surface area contributed by atoms with Gasteiger partial charge < -0.3 is 10.2 Å². The van der Waals surface area contributed by atoms with E-state index in [2.05, 4.69) is 0 Å². The van der Waals surface area contributed by atoms with Crippen LogP contribution in [0.1, 0.15) is 0 Å². The molecule has 2 aliphatic heterocycles. The topological polar surface area (TPSA) is 66.2 Å². The Balaban J connectivity index is 0.00000229. The number of fused-ring (bicyclic) bond motifs is 16. The molecule has 4 nitrogen and oxygen atoms in total. The summed E-state index contributed by atoms with van der Waals surface area (Å²) in [4.78, 5) is 9.84. The predicted molar refractivity (Wildman–Crippen MR) is 136 cm³/mol. The van der Waals surface area contributed by atoms with E-state index in [0.717, 1.165) is 33.6 Å². The van der Waals surface area contributed by atoms with Gasteiger partial charge in [-0.1, -0.05) is 72.8 Å². The molecule has 8 bridgehead atoms. The van der Waals surface area contributed by atoms with Crippen LogP contribution in [0, 0.1) is 0 Å². The van der Waals surface area contributed by atoms with E-state index in [0.29, 0.717) is 32.9 Å². The second-order valence-electron chi connectivity index (χ2n) is 8.56. The molecule has 35 heavy (non-hydrogen) atoms. The average molecular weight is 634 g/mol. The van der Waals surface area contributed by atoms with Crippen molar-refractivity contribution in [2.24, 2.45) is 0 Å². The number of aromatic nitrogens is 2. The number of para-hydroxylation sites is 2. The van der Waals surface area contributed by atoms with Gasteiger partial charge in [0.25, 0.3) is 0 Å². The molecule has 0 radical (unpaired) electrons. The van der Waals surface area contributed by atoms with Gasteiger partial charge in [0.2, 0.25) is 0 Å². The monoisotopic (exact) mass is 633 g/mol. The molecule has 0 atom stereocenters. The molecule has 1 aromatic heterocycles. The second kappa shape index (κ2) is 8.04. The van der Waals surface area contributed by atoms with E-state index in [4.69, 9.17) is 9.97 Å². The average Bonchev–Trinajstić information content (AvgIpc) is 3.40. The summed E-state index contributed by atoms with van der Waals surface area (Å²) in [6.45, 7) is 0. The minimum atomic E-state index is 0. The molecule has 0 aliphatic carbocycles. The third-order valence-corrected chi connectivity index (χ3v) is 6.61. The Bertz CT molecular complexity index is 1660. The molecule has 5 heteroatoms. The number of hydrogen-bond acceptors (Lipinski definition) is 4. The summed E-state index contributed by atoms with van der Waals surface area (Å²) in [5, 5.41) is 25.3. The van der Waals surface area contributed by atoms with Crippen LogP contribution in [0.25, 0.3) is 66.6 Å². The zero-order chi connectivity index (χ0) is 22.8. The summed E-state index contributed by atoms with van der Waals surface area (Å²) < 4.78 is 0. The molecule has 0 saturated carbocycles. The fourth-order valence-electron chi connectivity index (χ4n) is 4.97. The molecule has 3 heterocycles. The van der Waals surface area contributed by atoms with Crippen molar-refractivity contribution in [3.05, 3.63) is 97.1 Å². The van der Waals surface area contributed by atoms with Crippen LogP contribution in [0.4, 0.5) is 0 Å². The number of hydrogen-bond donors (Lipinski definition) is 2. The molecule has 5 aromatic rings. The van der Waals surface area contributed by atoms with Gasteiger partial charge in [0.15, 0.2) is 0 Å². The maximum atomic E-state index is 11.3. The van der Waals surface area contributed by atoms with Gasteiger partial charge in [-0.2, -0.15) is 0 Å². The smallest absolute Gasteiger partial charge is 0.132 e. The van der Waals surface area contributed by atoms with E-state index in [1.54, 1.807) is 0 Å². The molecule has 0 spiro atoms. The van der Waals surface area contributed by atoms with Gasteiger partial charge >= 0.3 is 0 Å². The minimum Gasteiger partial charge on any atom is -0.507 e. The summed E-state index contributed by atoms with van der Waals surface area (Å²) in [7, 11) is 0. The van der Waals surface area contributed by atoms with Crippen molar-refractivity contribution in [1.82, 2.24) is 9.97 Å². The summed E-state index contributed by atoms with van der Waals surface area (Å²) in [6.07, 6.45) is 0. The number of rotatable bonds is 0. The first-order chi connectivity index (χ1) is 16.7. The molecule has 4 aromatic carbocycles. The molecule has 0 saturated heterocycles. The Labute approximate surface area is 215 Å². The van der Waals surface area contributed by atoms with Crippen molar-refractivity contribution in [3.8, 4) is 56.5 Å². The molecule has 2 aliphatic rings. The molecule has 0 fully saturated rings. The zero-order valence-corrected chi connectivity index (χ0v) is 20.6. The van der Waals surface area contributed by atoms with Crippen LogP contribution < -0.4 is 0 Å². The third kappa shape index (κ3) is 3.18. The normalized spacial score (nSPS) is 11.4. The summed E-state index contributed by atoms with van der Waals surface area (Å²) in [6, 6.07) is 31.1. The SMILES string of the molecule is Oc1c2cccc1c1nc(cc3cccc(c4nc(c2)-c2ccccc2-4)c3O)-c2ccccc2-1.[Pt]. The van der Waals surface area contributed by atoms with Crippen molar-refractivity contribution < 1.29 is 31.3 Å². The van der Waals surface area contributed by atoms with Crippen molar-refractivity contribution in [3.63, 3.8) is 0 Å². The summed E-state index contributed by atoms with van der Waals surface area (Å²) in [5.74, 6) is 0.341. The Morgan fingerprint density at radius 3 is 1.29 bits per heavy atom. The van der Waals surface area contributed by atoms with Crippen molar-refractivity contribution in [1.29, 1.82) is 0 Å². The van der Waals surface area contributed by atoms with Crippen LogP contribution in [0.2, 0.25) is 0 Å². The Hall–Kier alpha value is -4.01. The van der Waals surface area contributed by atoms with Crippen LogP contribution >= 0.6 is 0 Å². The number of phenols is 2. The molecule has 0 amide bonds. The van der Waals surface area contributed by atoms with Gasteiger partial charge in [0.05, 0.1) is 22.8 Å². The summed E-state index contributed by atoms with van der Waals surface area (Å²) in [5.41, 5.74) is 6.73. The molecule has 2 N–H and O–H groups in total. The maximum Gasteiger partial charge on any atom is 0.132 e. The summed E-state index contributed by atoms with van der Waals surface area (Å²) >= 11 is 0. The fourth-order valence-corrected chi connectivity index (χ4v) is 4.97. The van der Waals surface area contributed by atoms with E-state index >= 15 is 0 Å². The van der Waals surface area contributed by atoms with Crippen LogP contribution in [-0.2, 0) is 21.1 Å². The standard InChI is InChI=1S/C30H18N2O2.Pt/c33-29-17-7-5-14-24(29)28-22-12-4-2-10-20(22)26(32-28)16-18-8-6-13-23(30(18)34)27-21-11-3-1-9-19(21)25(15-17)31-27;/h1-16,33-34H;. The van der Waals surface area contributed by atoms with E-state index in [9.17, 15) is 10.2 Å². The molecule has 7 rings (SSSR count). The molecule has 0 unspecified atom stereocenters.